The molecule has 1 aromatic carbocycles. The molecule has 0 saturated heterocycles. The van der Waals surface area contributed by atoms with Crippen LogP contribution in [0.2, 0.25) is 10.0 Å². The molecule has 80 valence electrons. The number of carbonyl (C=O) groups is 1. The van der Waals surface area contributed by atoms with E-state index in [9.17, 15) is 4.79 Å². The molecule has 0 N–H and O–H groups in total. The molecule has 1 rings (SSSR count). The van der Waals surface area contributed by atoms with E-state index in [1.807, 2.05) is 0 Å². The Balaban J connectivity index is 3.20. The Bertz CT molecular complexity index is 411. The van der Waals surface area contributed by atoms with E-state index in [1.165, 1.54) is 7.11 Å². The van der Waals surface area contributed by atoms with Gasteiger partial charge >= 0.3 is 5.97 Å². The highest BCUT2D eigenvalue weighted by Crippen LogP contribution is 2.27. The second-order valence-electron chi connectivity index (χ2n) is 2.82. The maximum Gasteiger partial charge on any atom is 0.338 e. The Labute approximate surface area is 98.4 Å². The minimum Gasteiger partial charge on any atom is -0.465 e. The molecule has 0 radical (unpaired) electrons. The van der Waals surface area contributed by atoms with Gasteiger partial charge in [-0.25, -0.2) is 4.79 Å². The number of carbonyl (C=O) groups excluding carboxylic acids is 1. The molecular formula is C11H10Cl2O2. The first-order valence-electron chi connectivity index (χ1n) is 4.30. The Morgan fingerprint density at radius 1 is 1.40 bits per heavy atom. The number of rotatable bonds is 2. The molecule has 0 amide bonds. The summed E-state index contributed by atoms with van der Waals surface area (Å²) in [4.78, 5) is 11.4. The van der Waals surface area contributed by atoms with Crippen molar-refractivity contribution >= 4 is 34.7 Å². The Kier molecular flexibility index (Phi) is 4.18. The second-order valence-corrected chi connectivity index (χ2v) is 3.66. The minimum absolute atomic E-state index is 0.415. The Morgan fingerprint density at radius 3 is 2.53 bits per heavy atom. The van der Waals surface area contributed by atoms with Crippen molar-refractivity contribution < 1.29 is 9.53 Å². The molecule has 1 aromatic rings. The number of allylic oxidation sites excluding steroid dienone is 1. The van der Waals surface area contributed by atoms with Gasteiger partial charge in [-0.15, -0.1) is 0 Å². The fourth-order valence-electron chi connectivity index (χ4n) is 1.20. The van der Waals surface area contributed by atoms with Crippen molar-refractivity contribution in [2.75, 3.05) is 7.11 Å². The van der Waals surface area contributed by atoms with E-state index in [2.05, 4.69) is 4.74 Å². The van der Waals surface area contributed by atoms with Crippen molar-refractivity contribution in [1.82, 2.24) is 0 Å². The average Bonchev–Trinajstić information content (AvgIpc) is 2.21. The fourth-order valence-corrected chi connectivity index (χ4v) is 1.71. The van der Waals surface area contributed by atoms with Crippen molar-refractivity contribution in [3.8, 4) is 0 Å². The molecule has 0 atom stereocenters. The molecule has 0 unspecified atom stereocenters. The molecule has 0 spiro atoms. The average molecular weight is 245 g/mol. The molecule has 4 heteroatoms. The van der Waals surface area contributed by atoms with Crippen molar-refractivity contribution in [3.05, 3.63) is 39.9 Å². The Hall–Kier alpha value is -0.990. The van der Waals surface area contributed by atoms with Gasteiger partial charge in [0, 0.05) is 10.6 Å². The first-order valence-corrected chi connectivity index (χ1v) is 5.05. The van der Waals surface area contributed by atoms with Crippen LogP contribution < -0.4 is 0 Å². The number of ether oxygens (including phenoxy) is 1. The monoisotopic (exact) mass is 244 g/mol. The number of hydrogen-bond acceptors (Lipinski definition) is 2. The minimum atomic E-state index is -0.415. The summed E-state index contributed by atoms with van der Waals surface area (Å²) in [7, 11) is 1.33. The van der Waals surface area contributed by atoms with Crippen LogP contribution in [0.25, 0.3) is 5.57 Å². The largest absolute Gasteiger partial charge is 0.465 e. The molecule has 15 heavy (non-hydrogen) atoms. The topological polar surface area (TPSA) is 26.3 Å². The van der Waals surface area contributed by atoms with Crippen LogP contribution in [-0.2, 0) is 9.53 Å². The molecule has 0 aliphatic carbocycles. The Morgan fingerprint density at radius 2 is 2.07 bits per heavy atom. The third-order valence-electron chi connectivity index (χ3n) is 1.92. The van der Waals surface area contributed by atoms with Crippen LogP contribution in [0.15, 0.2) is 24.3 Å². The van der Waals surface area contributed by atoms with Crippen LogP contribution in [0.1, 0.15) is 12.5 Å². The lowest BCUT2D eigenvalue weighted by Gasteiger charge is -2.07. The zero-order valence-electron chi connectivity index (χ0n) is 8.38. The van der Waals surface area contributed by atoms with E-state index < -0.39 is 5.97 Å². The van der Waals surface area contributed by atoms with Crippen LogP contribution in [0, 0.1) is 0 Å². The van der Waals surface area contributed by atoms with Gasteiger partial charge in [0.15, 0.2) is 0 Å². The smallest absolute Gasteiger partial charge is 0.338 e. The number of methoxy groups -OCH3 is 1. The summed E-state index contributed by atoms with van der Waals surface area (Å²) in [6.45, 7) is 1.75. The summed E-state index contributed by atoms with van der Waals surface area (Å²) in [5.74, 6) is -0.415. The number of hydrogen-bond donors (Lipinski definition) is 0. The lowest BCUT2D eigenvalue weighted by molar-refractivity contribution is -0.133. The van der Waals surface area contributed by atoms with Crippen LogP contribution in [0.4, 0.5) is 0 Å². The molecule has 2 nitrogen and oxygen atoms in total. The van der Waals surface area contributed by atoms with Gasteiger partial charge in [-0.05, 0) is 19.1 Å². The fraction of sp³-hybridized carbons (Fsp3) is 0.182. The van der Waals surface area contributed by atoms with E-state index in [1.54, 1.807) is 31.2 Å². The standard InChI is InChI=1S/C11H10Cl2O2/c1-3-8(11(14)15-2)9-5-4-7(12)6-10(9)13/h3-6H,1-2H3. The van der Waals surface area contributed by atoms with E-state index in [-0.39, 0.29) is 0 Å². The first-order chi connectivity index (χ1) is 7.10. The lowest BCUT2D eigenvalue weighted by atomic mass is 10.1. The quantitative estimate of drug-likeness (QED) is 0.588. The van der Waals surface area contributed by atoms with Gasteiger partial charge < -0.3 is 4.74 Å². The maximum absolute atomic E-state index is 11.4. The second kappa shape index (κ2) is 5.19. The molecule has 0 bridgehead atoms. The normalized spacial score (nSPS) is 11.3. The lowest BCUT2D eigenvalue weighted by Crippen LogP contribution is -2.04. The summed E-state index contributed by atoms with van der Waals surface area (Å²) in [6, 6.07) is 4.96. The predicted molar refractivity (Wildman–Crippen MR) is 62.1 cm³/mol. The third-order valence-corrected chi connectivity index (χ3v) is 2.46. The van der Waals surface area contributed by atoms with Gasteiger partial charge in [-0.3, -0.25) is 0 Å². The highest BCUT2D eigenvalue weighted by Gasteiger charge is 2.14. The van der Waals surface area contributed by atoms with Crippen LogP contribution in [0.5, 0.6) is 0 Å². The van der Waals surface area contributed by atoms with Gasteiger partial charge in [0.2, 0.25) is 0 Å². The predicted octanol–water partition coefficient (Wildman–Crippen LogP) is 3.57. The summed E-state index contributed by atoms with van der Waals surface area (Å²) < 4.78 is 4.64. The number of esters is 1. The van der Waals surface area contributed by atoms with E-state index in [4.69, 9.17) is 23.2 Å². The molecule has 0 saturated carbocycles. The van der Waals surface area contributed by atoms with Crippen LogP contribution in [-0.4, -0.2) is 13.1 Å². The van der Waals surface area contributed by atoms with E-state index in [0.29, 0.717) is 21.2 Å². The van der Waals surface area contributed by atoms with Crippen LogP contribution >= 0.6 is 23.2 Å². The zero-order valence-corrected chi connectivity index (χ0v) is 9.89. The third kappa shape index (κ3) is 2.74. The SMILES string of the molecule is CC=C(C(=O)OC)c1ccc(Cl)cc1Cl. The van der Waals surface area contributed by atoms with Crippen LogP contribution in [0.3, 0.4) is 0 Å². The summed E-state index contributed by atoms with van der Waals surface area (Å²) in [6.07, 6.45) is 1.65. The summed E-state index contributed by atoms with van der Waals surface area (Å²) in [5, 5.41) is 0.963. The number of halogens is 2. The summed E-state index contributed by atoms with van der Waals surface area (Å²) in [5.41, 5.74) is 1.05. The van der Waals surface area contributed by atoms with Gasteiger partial charge in [0.25, 0.3) is 0 Å². The molecule has 0 fully saturated rings. The molecule has 0 aliphatic heterocycles. The number of benzene rings is 1. The van der Waals surface area contributed by atoms with Gasteiger partial charge in [0.05, 0.1) is 17.7 Å². The van der Waals surface area contributed by atoms with E-state index in [0.717, 1.165) is 0 Å². The van der Waals surface area contributed by atoms with Gasteiger partial charge in [0.1, 0.15) is 0 Å². The maximum atomic E-state index is 11.4. The molecule has 0 heterocycles. The van der Waals surface area contributed by atoms with E-state index >= 15 is 0 Å². The van der Waals surface area contributed by atoms with Crippen molar-refractivity contribution in [2.45, 2.75) is 6.92 Å². The van der Waals surface area contributed by atoms with Gasteiger partial charge in [-0.1, -0.05) is 35.3 Å². The first kappa shape index (κ1) is 12.1. The van der Waals surface area contributed by atoms with Crippen molar-refractivity contribution in [2.24, 2.45) is 0 Å². The highest BCUT2D eigenvalue weighted by molar-refractivity contribution is 6.37. The van der Waals surface area contributed by atoms with Crippen molar-refractivity contribution in [3.63, 3.8) is 0 Å². The highest BCUT2D eigenvalue weighted by atomic mass is 35.5. The summed E-state index contributed by atoms with van der Waals surface area (Å²) >= 11 is 11.7. The molecular weight excluding hydrogens is 235 g/mol. The molecule has 0 aromatic heterocycles. The van der Waals surface area contributed by atoms with Gasteiger partial charge in [-0.2, -0.15) is 0 Å². The van der Waals surface area contributed by atoms with Crippen molar-refractivity contribution in [1.29, 1.82) is 0 Å². The zero-order chi connectivity index (χ0) is 11.4. The molecule has 0 aliphatic rings.